The minimum absolute atomic E-state index is 0.0521. The van der Waals surface area contributed by atoms with Crippen LogP contribution in [0, 0.1) is 11.8 Å². The fourth-order valence-corrected chi connectivity index (χ4v) is 10.1. The number of carbonyl (C=O) groups excluding carboxylic acids is 3. The van der Waals surface area contributed by atoms with E-state index in [4.69, 9.17) is 14.5 Å². The number of pyridine rings is 2. The van der Waals surface area contributed by atoms with Crippen molar-refractivity contribution in [3.8, 4) is 28.9 Å². The maximum absolute atomic E-state index is 13.6. The van der Waals surface area contributed by atoms with Crippen LogP contribution in [-0.2, 0) is 50.8 Å². The predicted octanol–water partition coefficient (Wildman–Crippen LogP) is 6.07. The highest BCUT2D eigenvalue weighted by atomic mass is 32.2. The summed E-state index contributed by atoms with van der Waals surface area (Å²) in [7, 11) is 5.27. The van der Waals surface area contributed by atoms with E-state index in [9.17, 15) is 34.5 Å². The van der Waals surface area contributed by atoms with Gasteiger partial charge < -0.3 is 34.7 Å². The van der Waals surface area contributed by atoms with Crippen molar-refractivity contribution >= 4 is 59.0 Å². The number of fused-ring (bicyclic) bond motifs is 5. The van der Waals surface area contributed by atoms with Crippen molar-refractivity contribution in [3.05, 3.63) is 62.9 Å². The Hall–Kier alpha value is -3.96. The number of aliphatic hydroxyl groups is 1. The highest BCUT2D eigenvalue weighted by molar-refractivity contribution is 8.07. The van der Waals surface area contributed by atoms with E-state index in [0.717, 1.165) is 55.0 Å². The number of thioether (sulfide) groups is 1. The maximum Gasteiger partial charge on any atom is 0.343 e. The molecule has 1 fully saturated rings. The first-order chi connectivity index (χ1) is 27.3. The molecule has 1 aliphatic carbocycles. The molecule has 13 nitrogen and oxygen atoms in total. The zero-order chi connectivity index (χ0) is 40.6. The summed E-state index contributed by atoms with van der Waals surface area (Å²) in [6.45, 7) is 4.85. The minimum Gasteiger partial charge on any atom is -0.494 e. The minimum atomic E-state index is -1.90. The second-order valence-corrected chi connectivity index (χ2v) is 19.6. The first-order valence-electron chi connectivity index (χ1n) is 19.7. The van der Waals surface area contributed by atoms with Crippen LogP contribution in [0.1, 0.15) is 93.9 Å². The lowest BCUT2D eigenvalue weighted by atomic mass is 9.81. The van der Waals surface area contributed by atoms with E-state index in [1.165, 1.54) is 11.8 Å². The molecule has 0 radical (unpaired) electrons. The molecule has 1 saturated carbocycles. The summed E-state index contributed by atoms with van der Waals surface area (Å²) in [4.78, 5) is 57.4. The van der Waals surface area contributed by atoms with E-state index in [2.05, 4.69) is 23.8 Å². The van der Waals surface area contributed by atoms with Gasteiger partial charge in [0.1, 0.15) is 12.4 Å². The molecule has 0 saturated heterocycles. The Morgan fingerprint density at radius 1 is 1.07 bits per heavy atom. The number of rotatable bonds is 14. The van der Waals surface area contributed by atoms with Crippen LogP contribution in [-0.4, -0.2) is 58.6 Å². The van der Waals surface area contributed by atoms with Gasteiger partial charge in [-0.05, 0) is 87.1 Å². The Bertz CT molecular complexity index is 2280. The number of aryl methyl sites for hydroxylation is 1. The van der Waals surface area contributed by atoms with E-state index in [1.54, 1.807) is 40.3 Å². The summed E-state index contributed by atoms with van der Waals surface area (Å²) < 4.78 is 14.2. The zero-order valence-electron chi connectivity index (χ0n) is 32.2. The Balaban J connectivity index is 0.880. The molecule has 16 heteroatoms. The highest BCUT2D eigenvalue weighted by Crippen LogP contribution is 2.43. The first kappa shape index (κ1) is 41.2. The average Bonchev–Trinajstić information content (AvgIpc) is 3.68. The molecule has 0 bridgehead atoms. The Morgan fingerprint density at radius 2 is 1.84 bits per heavy atom. The molecule has 5 heterocycles. The molecule has 57 heavy (non-hydrogen) atoms. The van der Waals surface area contributed by atoms with Crippen LogP contribution < -0.4 is 15.6 Å². The number of nitrogens with zero attached hydrogens (tertiary/aromatic N) is 3. The fourth-order valence-electron chi connectivity index (χ4n) is 8.50. The van der Waals surface area contributed by atoms with Crippen molar-refractivity contribution in [1.82, 2.24) is 19.4 Å². The number of carbonyl (C=O) groups is 3. The van der Waals surface area contributed by atoms with Gasteiger partial charge in [0.2, 0.25) is 11.8 Å². The van der Waals surface area contributed by atoms with Crippen molar-refractivity contribution in [2.75, 3.05) is 6.54 Å². The summed E-state index contributed by atoms with van der Waals surface area (Å²) >= 11 is 1.44. The molecule has 4 aromatic rings. The number of nitrogens with one attached hydrogen (secondary N) is 1. The van der Waals surface area contributed by atoms with Gasteiger partial charge >= 0.3 is 11.9 Å². The third kappa shape index (κ3) is 8.20. The third-order valence-electron chi connectivity index (χ3n) is 11.7. The molecule has 2 aliphatic heterocycles. The first-order valence-corrected chi connectivity index (χ1v) is 21.9. The molecule has 1 aromatic carbocycles. The van der Waals surface area contributed by atoms with Crippen molar-refractivity contribution in [2.24, 2.45) is 11.8 Å². The molecule has 4 N–H and O–H groups in total. The Kier molecular flexibility index (Phi) is 12.4. The summed E-state index contributed by atoms with van der Waals surface area (Å²) in [5, 5.41) is 36.0. The number of cyclic esters (lactones) is 1. The van der Waals surface area contributed by atoms with E-state index >= 15 is 0 Å². The van der Waals surface area contributed by atoms with Crippen LogP contribution in [0.3, 0.4) is 0 Å². The Morgan fingerprint density at radius 3 is 2.56 bits per heavy atom. The van der Waals surface area contributed by atoms with Gasteiger partial charge in [0.15, 0.2) is 11.5 Å². The second kappa shape index (κ2) is 17.1. The monoisotopic (exact) mass is 836 g/mol. The van der Waals surface area contributed by atoms with Gasteiger partial charge in [-0.25, -0.2) is 9.78 Å². The molecule has 304 valence electrons. The molecule has 3 atom stereocenters. The van der Waals surface area contributed by atoms with Gasteiger partial charge in [0.05, 0.1) is 33.9 Å². The number of unbranched alkanes of at least 4 members (excludes halogenated alkanes) is 2. The highest BCUT2D eigenvalue weighted by Gasteiger charge is 2.45. The maximum atomic E-state index is 13.6. The van der Waals surface area contributed by atoms with Gasteiger partial charge in [-0.15, -0.1) is 30.2 Å². The molecular weight excluding hydrogens is 786 g/mol. The normalized spacial score (nSPS) is 19.9. The number of amides is 1. The number of aromatic hydroxyl groups is 2. The second-order valence-electron chi connectivity index (χ2n) is 15.2. The number of ether oxygens (including phenoxy) is 2. The lowest BCUT2D eigenvalue weighted by molar-refractivity contribution is -0.172. The molecule has 3 aliphatic rings. The lowest BCUT2D eigenvalue weighted by Crippen LogP contribution is -2.44. The van der Waals surface area contributed by atoms with Crippen LogP contribution in [0.15, 0.2) is 40.0 Å². The Labute approximate surface area is 339 Å². The number of aromatic nitrogens is 3. The predicted molar refractivity (Wildman–Crippen MR) is 223 cm³/mol. The summed E-state index contributed by atoms with van der Waals surface area (Å²) in [6.07, 6.45) is 6.28. The lowest BCUT2D eigenvalue weighted by Gasteiger charge is -2.31. The quantitative estimate of drug-likeness (QED) is 0.0335. The smallest absolute Gasteiger partial charge is 0.343 e. The van der Waals surface area contributed by atoms with Gasteiger partial charge in [0.25, 0.3) is 5.56 Å². The van der Waals surface area contributed by atoms with Crippen LogP contribution in [0.25, 0.3) is 22.3 Å². The van der Waals surface area contributed by atoms with Crippen molar-refractivity contribution in [2.45, 2.75) is 113 Å². The van der Waals surface area contributed by atoms with Gasteiger partial charge in [0, 0.05) is 52.7 Å². The number of esters is 2. The number of hydrogen-bond acceptors (Lipinski definition) is 11. The van der Waals surface area contributed by atoms with Gasteiger partial charge in [-0.3, -0.25) is 19.0 Å². The van der Waals surface area contributed by atoms with E-state index in [0.29, 0.717) is 53.5 Å². The summed E-state index contributed by atoms with van der Waals surface area (Å²) in [5.74, 6) is -0.293. The van der Waals surface area contributed by atoms with E-state index < -0.39 is 11.6 Å². The van der Waals surface area contributed by atoms with Gasteiger partial charge in [-0.1, -0.05) is 20.3 Å². The molecule has 2 unspecified atom stereocenters. The zero-order valence-corrected chi connectivity index (χ0v) is 35.3. The molecule has 0 spiro atoms. The summed E-state index contributed by atoms with van der Waals surface area (Å²) in [6, 6.07) is 8.62. The van der Waals surface area contributed by atoms with E-state index in [-0.39, 0.29) is 82.9 Å². The van der Waals surface area contributed by atoms with E-state index in [1.807, 2.05) is 13.0 Å². The topological polar surface area (TPSA) is 182 Å². The summed E-state index contributed by atoms with van der Waals surface area (Å²) in [5.41, 5.74) is 2.05. The molecular formula is C41H50N4O9P2S. The standard InChI is InChI=1S/C41H50N4O9P2S/c1-3-25-26-16-24(13-14-30(26)43-35-27(25)20-44-31(35)17-29-28(37(44)49)21-53-39(51)41(29,52)4-2)54-34(47)8-6-5-7-15-42-36(48)23-11-9-22(10-12-23)19-45-33(46)18-32(38(45)50)57-40(55)56/h13-14,16-18,22-23,40,46,50,52H,3-12,15,19-21,55-56H2,1-2H3,(H,42,48)/t22?,23?,41-/m0/s1. The van der Waals surface area contributed by atoms with Crippen LogP contribution >= 0.6 is 30.2 Å². The van der Waals surface area contributed by atoms with Crippen molar-refractivity contribution in [3.63, 3.8) is 0 Å². The number of hydrogen-bond donors (Lipinski definition) is 4. The molecule has 7 rings (SSSR count). The van der Waals surface area contributed by atoms with Gasteiger partial charge in [-0.2, -0.15) is 0 Å². The van der Waals surface area contributed by atoms with Crippen LogP contribution in [0.5, 0.6) is 17.5 Å². The SMILES string of the molecule is CCc1c2c(nc3ccc(OC(=O)CCCCCNC(=O)C4CCC(Cn5c(O)cc(SC(P)P)c5O)CC4)cc13)-c1cc3c(c(=O)n1C2)COC(=O)[C@]3(O)CC. The molecule has 1 amide bonds. The number of benzene rings is 1. The van der Waals surface area contributed by atoms with Crippen LogP contribution in [0.4, 0.5) is 0 Å². The molecule has 3 aromatic heterocycles. The van der Waals surface area contributed by atoms with Crippen LogP contribution in [0.2, 0.25) is 0 Å². The average molecular weight is 837 g/mol. The van der Waals surface area contributed by atoms with Crippen molar-refractivity contribution < 1.29 is 39.2 Å². The van der Waals surface area contributed by atoms with Crippen molar-refractivity contribution in [1.29, 1.82) is 0 Å². The fraction of sp³-hybridized carbons (Fsp3) is 0.488. The largest absolute Gasteiger partial charge is 0.494 e. The third-order valence-corrected chi connectivity index (χ3v) is 13.3.